The van der Waals surface area contributed by atoms with E-state index in [1.807, 2.05) is 12.1 Å². The smallest absolute Gasteiger partial charge is 0.143 e. The minimum atomic E-state index is 0.0666. The third-order valence-electron chi connectivity index (χ3n) is 1.99. The van der Waals surface area contributed by atoms with Gasteiger partial charge >= 0.3 is 0 Å². The summed E-state index contributed by atoms with van der Waals surface area (Å²) in [6.45, 7) is 4.94. The average molecular weight is 177 g/mol. The van der Waals surface area contributed by atoms with Gasteiger partial charge < -0.3 is 15.2 Å². The first kappa shape index (κ1) is 7.98. The van der Waals surface area contributed by atoms with Gasteiger partial charge in [0.25, 0.3) is 0 Å². The van der Waals surface area contributed by atoms with E-state index in [1.165, 1.54) is 0 Å². The monoisotopic (exact) mass is 177 g/mol. The summed E-state index contributed by atoms with van der Waals surface area (Å²) < 4.78 is 5.40. The summed E-state index contributed by atoms with van der Waals surface area (Å²) in [7, 11) is 0. The van der Waals surface area contributed by atoms with Crippen LogP contribution in [0.2, 0.25) is 0 Å². The number of hydrogen-bond acceptors (Lipinski definition) is 3. The summed E-state index contributed by atoms with van der Waals surface area (Å²) in [5.74, 6) is 0.843. The van der Waals surface area contributed by atoms with Crippen LogP contribution in [-0.2, 0) is 0 Å². The highest BCUT2D eigenvalue weighted by molar-refractivity contribution is 5.66. The third kappa shape index (κ3) is 1.45. The SMILES string of the molecule is C=C(O)c1ccc2c(c1)OCCN2. The van der Waals surface area contributed by atoms with Gasteiger partial charge in [0.05, 0.1) is 5.69 Å². The van der Waals surface area contributed by atoms with E-state index in [0.29, 0.717) is 12.2 Å². The summed E-state index contributed by atoms with van der Waals surface area (Å²) in [6.07, 6.45) is 0. The number of benzene rings is 1. The highest BCUT2D eigenvalue weighted by atomic mass is 16.5. The molecule has 0 amide bonds. The second-order valence-corrected chi connectivity index (χ2v) is 2.93. The Hall–Kier alpha value is -1.64. The predicted molar refractivity (Wildman–Crippen MR) is 52.1 cm³/mol. The Kier molecular flexibility index (Phi) is 1.85. The Labute approximate surface area is 76.7 Å². The van der Waals surface area contributed by atoms with Gasteiger partial charge in [-0.1, -0.05) is 6.58 Å². The van der Waals surface area contributed by atoms with Gasteiger partial charge in [0.15, 0.2) is 0 Å². The van der Waals surface area contributed by atoms with Crippen molar-refractivity contribution in [3.63, 3.8) is 0 Å². The Morgan fingerprint density at radius 2 is 2.38 bits per heavy atom. The van der Waals surface area contributed by atoms with Crippen molar-refractivity contribution in [2.24, 2.45) is 0 Å². The van der Waals surface area contributed by atoms with Crippen LogP contribution >= 0.6 is 0 Å². The van der Waals surface area contributed by atoms with E-state index in [4.69, 9.17) is 9.84 Å². The Bertz CT molecular complexity index is 347. The van der Waals surface area contributed by atoms with Crippen LogP contribution in [0.25, 0.3) is 5.76 Å². The molecule has 3 heteroatoms. The lowest BCUT2D eigenvalue weighted by atomic mass is 10.1. The fraction of sp³-hybridized carbons (Fsp3) is 0.200. The highest BCUT2D eigenvalue weighted by Gasteiger charge is 2.10. The summed E-state index contributed by atoms with van der Waals surface area (Å²) in [6, 6.07) is 5.47. The first-order valence-electron chi connectivity index (χ1n) is 4.16. The van der Waals surface area contributed by atoms with Gasteiger partial charge in [-0.05, 0) is 18.2 Å². The molecule has 68 valence electrons. The maximum absolute atomic E-state index is 9.15. The third-order valence-corrected chi connectivity index (χ3v) is 1.99. The van der Waals surface area contributed by atoms with E-state index in [1.54, 1.807) is 6.07 Å². The van der Waals surface area contributed by atoms with Crippen LogP contribution in [0.15, 0.2) is 24.8 Å². The quantitative estimate of drug-likeness (QED) is 0.645. The number of ether oxygens (including phenoxy) is 1. The molecule has 1 aromatic rings. The molecule has 13 heavy (non-hydrogen) atoms. The summed E-state index contributed by atoms with van der Waals surface area (Å²) >= 11 is 0. The highest BCUT2D eigenvalue weighted by Crippen LogP contribution is 2.29. The fourth-order valence-electron chi connectivity index (χ4n) is 1.31. The lowest BCUT2D eigenvalue weighted by Gasteiger charge is -2.19. The van der Waals surface area contributed by atoms with Gasteiger partial charge in [-0.25, -0.2) is 0 Å². The zero-order valence-electron chi connectivity index (χ0n) is 7.21. The molecule has 0 atom stereocenters. The second-order valence-electron chi connectivity index (χ2n) is 2.93. The number of hydrogen-bond donors (Lipinski definition) is 2. The molecule has 1 aliphatic heterocycles. The topological polar surface area (TPSA) is 41.5 Å². The van der Waals surface area contributed by atoms with E-state index < -0.39 is 0 Å². The van der Waals surface area contributed by atoms with Gasteiger partial charge in [-0.15, -0.1) is 0 Å². The van der Waals surface area contributed by atoms with Crippen molar-refractivity contribution < 1.29 is 9.84 Å². The number of nitrogens with one attached hydrogen (secondary N) is 1. The van der Waals surface area contributed by atoms with Crippen molar-refractivity contribution >= 4 is 11.4 Å². The van der Waals surface area contributed by atoms with E-state index in [9.17, 15) is 0 Å². The average Bonchev–Trinajstić information content (AvgIpc) is 2.17. The van der Waals surface area contributed by atoms with E-state index >= 15 is 0 Å². The van der Waals surface area contributed by atoms with Crippen molar-refractivity contribution in [1.29, 1.82) is 0 Å². The first-order valence-corrected chi connectivity index (χ1v) is 4.16. The number of aliphatic hydroxyl groups excluding tert-OH is 1. The first-order chi connectivity index (χ1) is 6.27. The van der Waals surface area contributed by atoms with Gasteiger partial charge in [0.2, 0.25) is 0 Å². The molecule has 0 unspecified atom stereocenters. The molecule has 2 rings (SSSR count). The number of fused-ring (bicyclic) bond motifs is 1. The molecule has 0 aromatic heterocycles. The molecule has 0 bridgehead atoms. The molecule has 1 heterocycles. The van der Waals surface area contributed by atoms with Gasteiger partial charge in [0.1, 0.15) is 18.1 Å². The molecule has 0 saturated heterocycles. The lowest BCUT2D eigenvalue weighted by molar-refractivity contribution is 0.323. The van der Waals surface area contributed by atoms with Crippen LogP contribution in [-0.4, -0.2) is 18.3 Å². The molecular formula is C10H11NO2. The molecule has 2 N–H and O–H groups in total. The van der Waals surface area contributed by atoms with Crippen LogP contribution < -0.4 is 10.1 Å². The Morgan fingerprint density at radius 1 is 1.54 bits per heavy atom. The minimum absolute atomic E-state index is 0.0666. The van der Waals surface area contributed by atoms with Crippen molar-refractivity contribution in [2.45, 2.75) is 0 Å². The molecule has 0 saturated carbocycles. The molecule has 3 nitrogen and oxygen atoms in total. The predicted octanol–water partition coefficient (Wildman–Crippen LogP) is 2.02. The van der Waals surface area contributed by atoms with E-state index in [2.05, 4.69) is 11.9 Å². The number of rotatable bonds is 1. The lowest BCUT2D eigenvalue weighted by Crippen LogP contribution is -2.17. The zero-order chi connectivity index (χ0) is 9.26. The molecule has 1 aliphatic rings. The fourth-order valence-corrected chi connectivity index (χ4v) is 1.31. The summed E-state index contributed by atoms with van der Waals surface area (Å²) in [5, 5.41) is 12.3. The number of anilines is 1. The molecule has 1 aromatic carbocycles. The minimum Gasteiger partial charge on any atom is -0.508 e. The van der Waals surface area contributed by atoms with Crippen LogP contribution in [0.1, 0.15) is 5.56 Å². The number of aliphatic hydroxyl groups is 1. The molecular weight excluding hydrogens is 166 g/mol. The van der Waals surface area contributed by atoms with Gasteiger partial charge in [-0.3, -0.25) is 0 Å². The van der Waals surface area contributed by atoms with Crippen molar-refractivity contribution in [3.05, 3.63) is 30.3 Å². The second kappa shape index (κ2) is 3.01. The van der Waals surface area contributed by atoms with Crippen molar-refractivity contribution in [2.75, 3.05) is 18.5 Å². The Morgan fingerprint density at radius 3 is 3.15 bits per heavy atom. The maximum atomic E-state index is 9.15. The van der Waals surface area contributed by atoms with E-state index in [0.717, 1.165) is 18.0 Å². The van der Waals surface area contributed by atoms with Crippen LogP contribution in [0.4, 0.5) is 5.69 Å². The molecule has 0 aliphatic carbocycles. The largest absolute Gasteiger partial charge is 0.508 e. The van der Waals surface area contributed by atoms with Crippen LogP contribution in [0.5, 0.6) is 5.75 Å². The van der Waals surface area contributed by atoms with Crippen LogP contribution in [0, 0.1) is 0 Å². The molecule has 0 radical (unpaired) electrons. The molecule has 0 spiro atoms. The molecule has 0 fully saturated rings. The van der Waals surface area contributed by atoms with Crippen molar-refractivity contribution in [1.82, 2.24) is 0 Å². The van der Waals surface area contributed by atoms with Gasteiger partial charge in [-0.2, -0.15) is 0 Å². The standard InChI is InChI=1S/C10H11NO2/c1-7(12)8-2-3-9-10(6-8)13-5-4-11-9/h2-3,6,11-12H,1,4-5H2. The van der Waals surface area contributed by atoms with Gasteiger partial charge in [0, 0.05) is 12.1 Å². The summed E-state index contributed by atoms with van der Waals surface area (Å²) in [4.78, 5) is 0. The normalized spacial score (nSPS) is 13.8. The Balaban J connectivity index is 2.40. The zero-order valence-corrected chi connectivity index (χ0v) is 7.21. The maximum Gasteiger partial charge on any atom is 0.143 e. The van der Waals surface area contributed by atoms with Crippen LogP contribution in [0.3, 0.4) is 0 Å². The van der Waals surface area contributed by atoms with Crippen molar-refractivity contribution in [3.8, 4) is 5.75 Å². The van der Waals surface area contributed by atoms with E-state index in [-0.39, 0.29) is 5.76 Å². The summed E-state index contributed by atoms with van der Waals surface area (Å²) in [5.41, 5.74) is 1.67.